The van der Waals surface area contributed by atoms with Gasteiger partial charge in [-0.15, -0.1) is 0 Å². The topological polar surface area (TPSA) is 56.6 Å². The predicted octanol–water partition coefficient (Wildman–Crippen LogP) is 3.38. The van der Waals surface area contributed by atoms with Crippen molar-refractivity contribution in [3.63, 3.8) is 0 Å². The van der Waals surface area contributed by atoms with E-state index in [0.29, 0.717) is 18.9 Å². The Labute approximate surface area is 165 Å². The van der Waals surface area contributed by atoms with E-state index in [1.807, 2.05) is 41.8 Å². The minimum Gasteiger partial charge on any atom is -0.454 e. The number of aromatic nitrogens is 2. The average Bonchev–Trinajstić information content (AvgIpc) is 3.27. The Hall–Kier alpha value is -2.76. The normalized spacial score (nSPS) is 17.7. The summed E-state index contributed by atoms with van der Waals surface area (Å²) in [6, 6.07) is 7.79. The third-order valence-electron chi connectivity index (χ3n) is 5.52. The van der Waals surface area contributed by atoms with E-state index in [0.717, 1.165) is 54.3 Å². The second-order valence-electron chi connectivity index (χ2n) is 7.69. The average molecular weight is 381 g/mol. The Bertz CT molecular complexity index is 868. The van der Waals surface area contributed by atoms with E-state index in [-0.39, 0.29) is 12.7 Å². The fourth-order valence-electron chi connectivity index (χ4n) is 3.83. The van der Waals surface area contributed by atoms with Crippen molar-refractivity contribution in [1.29, 1.82) is 0 Å². The Morgan fingerprint density at radius 3 is 2.86 bits per heavy atom. The number of aryl methyl sites for hydroxylation is 2. The number of carbonyl (C=O) groups excluding carboxylic acids is 1. The zero-order chi connectivity index (χ0) is 19.5. The summed E-state index contributed by atoms with van der Waals surface area (Å²) >= 11 is 0. The molecule has 2 aromatic rings. The quantitative estimate of drug-likeness (QED) is 0.720. The molecular formula is C22H27N3O3. The third-order valence-corrected chi connectivity index (χ3v) is 5.52. The highest BCUT2D eigenvalue weighted by atomic mass is 16.7. The van der Waals surface area contributed by atoms with Crippen LogP contribution in [0, 0.1) is 12.8 Å². The maximum Gasteiger partial charge on any atom is 0.231 e. The van der Waals surface area contributed by atoms with E-state index in [1.165, 1.54) is 0 Å². The third kappa shape index (κ3) is 4.21. The van der Waals surface area contributed by atoms with Gasteiger partial charge in [-0.05, 0) is 55.9 Å². The minimum atomic E-state index is 0.122. The zero-order valence-corrected chi connectivity index (χ0v) is 16.6. The van der Waals surface area contributed by atoms with Crippen LogP contribution >= 0.6 is 0 Å². The van der Waals surface area contributed by atoms with E-state index in [2.05, 4.69) is 23.3 Å². The van der Waals surface area contributed by atoms with Gasteiger partial charge < -0.3 is 14.4 Å². The second kappa shape index (κ2) is 8.09. The molecule has 2 heterocycles. The molecule has 0 fully saturated rings. The molecule has 6 heteroatoms. The lowest BCUT2D eigenvalue weighted by Crippen LogP contribution is -2.36. The first kappa shape index (κ1) is 18.6. The van der Waals surface area contributed by atoms with E-state index >= 15 is 0 Å². The van der Waals surface area contributed by atoms with Crippen molar-refractivity contribution in [3.05, 3.63) is 53.4 Å². The maximum absolute atomic E-state index is 13.2. The zero-order valence-electron chi connectivity index (χ0n) is 16.6. The molecule has 2 aliphatic rings. The van der Waals surface area contributed by atoms with Crippen molar-refractivity contribution >= 4 is 5.91 Å². The standard InChI is InChI=1S/C22H27N3O3/c1-16-10-19(23-24(16)2)14-25(13-17-6-4-3-5-7-17)22(26)12-18-8-9-20-21(11-18)28-15-27-20/h3-4,8-11,17H,5-7,12-15H2,1-2H3/t17-/m1/s1. The van der Waals surface area contributed by atoms with E-state index < -0.39 is 0 Å². The molecule has 1 amide bonds. The van der Waals surface area contributed by atoms with Crippen molar-refractivity contribution in [2.75, 3.05) is 13.3 Å². The molecule has 6 nitrogen and oxygen atoms in total. The molecule has 4 rings (SSSR count). The monoisotopic (exact) mass is 381 g/mol. The second-order valence-corrected chi connectivity index (χ2v) is 7.69. The molecule has 0 saturated heterocycles. The highest BCUT2D eigenvalue weighted by molar-refractivity contribution is 5.79. The van der Waals surface area contributed by atoms with Crippen LogP contribution in [0.3, 0.4) is 0 Å². The summed E-state index contributed by atoms with van der Waals surface area (Å²) in [4.78, 5) is 15.2. The van der Waals surface area contributed by atoms with Crippen LogP contribution in [0.25, 0.3) is 0 Å². The first-order valence-electron chi connectivity index (χ1n) is 9.89. The number of ether oxygens (including phenoxy) is 2. The molecule has 0 N–H and O–H groups in total. The van der Waals surface area contributed by atoms with E-state index in [4.69, 9.17) is 9.47 Å². The molecule has 0 saturated carbocycles. The molecule has 0 bridgehead atoms. The van der Waals surface area contributed by atoms with Gasteiger partial charge in [-0.2, -0.15) is 5.10 Å². The number of fused-ring (bicyclic) bond motifs is 1. The van der Waals surface area contributed by atoms with Gasteiger partial charge in [-0.1, -0.05) is 18.2 Å². The molecular weight excluding hydrogens is 354 g/mol. The molecule has 0 unspecified atom stereocenters. The summed E-state index contributed by atoms with van der Waals surface area (Å²) in [5, 5.41) is 4.55. The number of amides is 1. The minimum absolute atomic E-state index is 0.122. The Morgan fingerprint density at radius 1 is 1.25 bits per heavy atom. The molecule has 1 aliphatic heterocycles. The summed E-state index contributed by atoms with van der Waals surface area (Å²) < 4.78 is 12.7. The summed E-state index contributed by atoms with van der Waals surface area (Å²) in [5.74, 6) is 2.09. The smallest absolute Gasteiger partial charge is 0.231 e. The molecule has 28 heavy (non-hydrogen) atoms. The lowest BCUT2D eigenvalue weighted by Gasteiger charge is -2.28. The summed E-state index contributed by atoms with van der Waals surface area (Å²) in [7, 11) is 1.93. The van der Waals surface area contributed by atoms with Crippen LogP contribution in [0.15, 0.2) is 36.4 Å². The molecule has 1 atom stereocenters. The molecule has 1 aromatic heterocycles. The van der Waals surface area contributed by atoms with Gasteiger partial charge in [-0.25, -0.2) is 0 Å². The number of hydrogen-bond donors (Lipinski definition) is 0. The SMILES string of the molecule is Cc1cc(CN(C[C@@H]2CC=CCC2)C(=O)Cc2ccc3c(c2)OCO3)nn1C. The van der Waals surface area contributed by atoms with Crippen molar-refractivity contribution in [2.45, 2.75) is 39.2 Å². The lowest BCUT2D eigenvalue weighted by atomic mass is 9.93. The summed E-state index contributed by atoms with van der Waals surface area (Å²) in [6.07, 6.45) is 8.08. The molecule has 148 valence electrons. The van der Waals surface area contributed by atoms with Gasteiger partial charge in [0.1, 0.15) is 0 Å². The van der Waals surface area contributed by atoms with E-state index in [9.17, 15) is 4.79 Å². The first-order chi connectivity index (χ1) is 13.6. The maximum atomic E-state index is 13.2. The number of carbonyl (C=O) groups is 1. The Kier molecular flexibility index (Phi) is 5.37. The van der Waals surface area contributed by atoms with Crippen molar-refractivity contribution in [2.24, 2.45) is 13.0 Å². The molecule has 0 spiro atoms. The largest absolute Gasteiger partial charge is 0.454 e. The lowest BCUT2D eigenvalue weighted by molar-refractivity contribution is -0.131. The first-order valence-corrected chi connectivity index (χ1v) is 9.89. The Morgan fingerprint density at radius 2 is 2.11 bits per heavy atom. The van der Waals surface area contributed by atoms with Crippen LogP contribution in [-0.2, 0) is 24.8 Å². The highest BCUT2D eigenvalue weighted by Gasteiger charge is 2.22. The summed E-state index contributed by atoms with van der Waals surface area (Å²) in [5.41, 5.74) is 2.98. The number of allylic oxidation sites excluding steroid dienone is 2. The van der Waals surface area contributed by atoms with Gasteiger partial charge in [-0.3, -0.25) is 9.48 Å². The molecule has 1 aliphatic carbocycles. The van der Waals surface area contributed by atoms with Gasteiger partial charge in [0.05, 0.1) is 18.7 Å². The van der Waals surface area contributed by atoms with Gasteiger partial charge >= 0.3 is 0 Å². The number of rotatable bonds is 6. The van der Waals surface area contributed by atoms with Crippen molar-refractivity contribution in [1.82, 2.24) is 14.7 Å². The predicted molar refractivity (Wildman–Crippen MR) is 106 cm³/mol. The van der Waals surface area contributed by atoms with Gasteiger partial charge in [0.25, 0.3) is 0 Å². The van der Waals surface area contributed by atoms with Gasteiger partial charge in [0.2, 0.25) is 12.7 Å². The van der Waals surface area contributed by atoms with Crippen LogP contribution < -0.4 is 9.47 Å². The van der Waals surface area contributed by atoms with Crippen LogP contribution in [-0.4, -0.2) is 33.9 Å². The van der Waals surface area contributed by atoms with Crippen molar-refractivity contribution in [3.8, 4) is 11.5 Å². The van der Waals surface area contributed by atoms with Crippen molar-refractivity contribution < 1.29 is 14.3 Å². The van der Waals surface area contributed by atoms with Crippen LogP contribution in [0.5, 0.6) is 11.5 Å². The Balaban J connectivity index is 1.49. The van der Waals surface area contributed by atoms with Crippen LogP contribution in [0.4, 0.5) is 0 Å². The number of nitrogens with zero attached hydrogens (tertiary/aromatic N) is 3. The fourth-order valence-corrected chi connectivity index (χ4v) is 3.83. The number of benzene rings is 1. The fraction of sp³-hybridized carbons (Fsp3) is 0.455. The highest BCUT2D eigenvalue weighted by Crippen LogP contribution is 2.32. The van der Waals surface area contributed by atoms with Crippen LogP contribution in [0.2, 0.25) is 0 Å². The van der Waals surface area contributed by atoms with Gasteiger partial charge in [0, 0.05) is 19.3 Å². The van der Waals surface area contributed by atoms with E-state index in [1.54, 1.807) is 0 Å². The molecule has 0 radical (unpaired) electrons. The molecule has 1 aromatic carbocycles. The summed E-state index contributed by atoms with van der Waals surface area (Å²) in [6.45, 7) is 3.59. The number of hydrogen-bond acceptors (Lipinski definition) is 4. The van der Waals surface area contributed by atoms with Gasteiger partial charge in [0.15, 0.2) is 11.5 Å². The van der Waals surface area contributed by atoms with Crippen LogP contribution in [0.1, 0.15) is 36.2 Å².